The van der Waals surface area contributed by atoms with Crippen LogP contribution in [0.3, 0.4) is 0 Å². The monoisotopic (exact) mass is 540 g/mol. The van der Waals surface area contributed by atoms with Crippen molar-refractivity contribution in [3.63, 3.8) is 0 Å². The lowest BCUT2D eigenvalue weighted by atomic mass is 10.1. The van der Waals surface area contributed by atoms with Gasteiger partial charge in [-0.05, 0) is 35.4 Å². The Balaban J connectivity index is 1.59. The molecule has 3 aromatic carbocycles. The van der Waals surface area contributed by atoms with Crippen molar-refractivity contribution in [3.05, 3.63) is 98.5 Å². The predicted octanol–water partition coefficient (Wildman–Crippen LogP) is 5.56. The van der Waals surface area contributed by atoms with Gasteiger partial charge in [-0.25, -0.2) is 8.42 Å². The van der Waals surface area contributed by atoms with Gasteiger partial charge >= 0.3 is 0 Å². The van der Waals surface area contributed by atoms with Crippen LogP contribution in [-0.4, -0.2) is 33.7 Å². The first-order chi connectivity index (χ1) is 16.1. The Morgan fingerprint density at radius 1 is 0.912 bits per heavy atom. The Hall–Kier alpha value is -2.29. The van der Waals surface area contributed by atoms with E-state index in [2.05, 4.69) is 5.32 Å². The maximum absolute atomic E-state index is 12.4. The fourth-order valence-electron chi connectivity index (χ4n) is 3.11. The summed E-state index contributed by atoms with van der Waals surface area (Å²) in [5.74, 6) is -0.248. The van der Waals surface area contributed by atoms with E-state index in [0.717, 1.165) is 16.1 Å². The average molecular weight is 542 g/mol. The molecule has 0 saturated heterocycles. The molecule has 10 heteroatoms. The topological polar surface area (TPSA) is 75.7 Å². The van der Waals surface area contributed by atoms with Gasteiger partial charge in [-0.1, -0.05) is 77.3 Å². The van der Waals surface area contributed by atoms with Crippen LogP contribution >= 0.6 is 34.8 Å². The predicted molar refractivity (Wildman–Crippen MR) is 137 cm³/mol. The van der Waals surface area contributed by atoms with E-state index in [1.807, 2.05) is 30.3 Å². The van der Waals surface area contributed by atoms with Gasteiger partial charge in [0.2, 0.25) is 10.0 Å². The Morgan fingerprint density at radius 2 is 1.56 bits per heavy atom. The molecule has 6 nitrogen and oxygen atoms in total. The van der Waals surface area contributed by atoms with Gasteiger partial charge in [0.1, 0.15) is 0 Å². The summed E-state index contributed by atoms with van der Waals surface area (Å²) in [6.07, 6.45) is 1.08. The number of hydrogen-bond donors (Lipinski definition) is 1. The molecule has 3 aromatic rings. The Morgan fingerprint density at radius 3 is 2.21 bits per heavy atom. The molecule has 1 amide bonds. The first-order valence-corrected chi connectivity index (χ1v) is 13.2. The van der Waals surface area contributed by atoms with Crippen molar-refractivity contribution in [1.29, 1.82) is 0 Å². The highest BCUT2D eigenvalue weighted by molar-refractivity contribution is 7.92. The highest BCUT2D eigenvalue weighted by Crippen LogP contribution is 2.36. The molecule has 0 bridgehead atoms. The van der Waals surface area contributed by atoms with Gasteiger partial charge in [-0.15, -0.1) is 0 Å². The van der Waals surface area contributed by atoms with Gasteiger partial charge in [-0.3, -0.25) is 9.10 Å². The lowest BCUT2D eigenvalue weighted by Gasteiger charge is -2.24. The van der Waals surface area contributed by atoms with Crippen molar-refractivity contribution >= 4 is 56.4 Å². The molecule has 0 atom stereocenters. The van der Waals surface area contributed by atoms with Crippen LogP contribution in [0.15, 0.2) is 66.7 Å². The van der Waals surface area contributed by atoms with Gasteiger partial charge in [0.05, 0.1) is 46.8 Å². The number of ether oxygens (including phenoxy) is 1. The number of carbonyl (C=O) groups is 1. The minimum atomic E-state index is -3.68. The number of nitrogens with zero attached hydrogens (tertiary/aromatic N) is 1. The molecule has 0 spiro atoms. The van der Waals surface area contributed by atoms with E-state index < -0.39 is 10.0 Å². The second-order valence-corrected chi connectivity index (χ2v) is 10.6. The van der Waals surface area contributed by atoms with Crippen LogP contribution in [0.2, 0.25) is 15.1 Å². The largest absolute Gasteiger partial charge is 0.375 e. The van der Waals surface area contributed by atoms with E-state index in [1.54, 1.807) is 24.3 Å². The summed E-state index contributed by atoms with van der Waals surface area (Å²) >= 11 is 18.3. The maximum Gasteiger partial charge on any atom is 0.251 e. The van der Waals surface area contributed by atoms with Gasteiger partial charge in [-0.2, -0.15) is 0 Å². The molecular weight excluding hydrogens is 519 g/mol. The van der Waals surface area contributed by atoms with Gasteiger partial charge in [0.25, 0.3) is 5.91 Å². The quantitative estimate of drug-likeness (QED) is 0.269. The molecule has 180 valence electrons. The molecule has 0 fully saturated rings. The smallest absolute Gasteiger partial charge is 0.251 e. The fraction of sp³-hybridized carbons (Fsp3) is 0.208. The van der Waals surface area contributed by atoms with E-state index in [-0.39, 0.29) is 33.2 Å². The summed E-state index contributed by atoms with van der Waals surface area (Å²) in [6.45, 7) is 1.23. The Bertz CT molecular complexity index is 1240. The Labute approximate surface area is 214 Å². The average Bonchev–Trinajstić information content (AvgIpc) is 2.80. The van der Waals surface area contributed by atoms with E-state index >= 15 is 0 Å². The number of rotatable bonds is 10. The number of amides is 1. The summed E-state index contributed by atoms with van der Waals surface area (Å²) in [5.41, 5.74) is 2.39. The van der Waals surface area contributed by atoms with Gasteiger partial charge < -0.3 is 10.1 Å². The molecule has 0 unspecified atom stereocenters. The normalized spacial score (nSPS) is 11.3. The van der Waals surface area contributed by atoms with Gasteiger partial charge in [0.15, 0.2) is 0 Å². The van der Waals surface area contributed by atoms with Crippen LogP contribution in [0.4, 0.5) is 5.69 Å². The van der Waals surface area contributed by atoms with Crippen LogP contribution in [0.1, 0.15) is 21.5 Å². The summed E-state index contributed by atoms with van der Waals surface area (Å²) in [6, 6.07) is 19.2. The third kappa shape index (κ3) is 7.35. The summed E-state index contributed by atoms with van der Waals surface area (Å²) < 4.78 is 31.6. The number of anilines is 1. The van der Waals surface area contributed by atoms with E-state index in [9.17, 15) is 13.2 Å². The molecule has 1 N–H and O–H groups in total. The minimum absolute atomic E-state index is 0.00569. The number of nitrogens with one attached hydrogen (secondary N) is 1. The molecule has 34 heavy (non-hydrogen) atoms. The van der Waals surface area contributed by atoms with E-state index in [1.165, 1.54) is 12.1 Å². The van der Waals surface area contributed by atoms with E-state index in [0.29, 0.717) is 30.9 Å². The molecule has 0 aliphatic carbocycles. The second-order valence-electron chi connectivity index (χ2n) is 7.48. The maximum atomic E-state index is 12.4. The fourth-order valence-corrected chi connectivity index (χ4v) is 4.70. The number of carbonyl (C=O) groups excluding carboxylic acids is 1. The zero-order valence-electron chi connectivity index (χ0n) is 18.3. The number of sulfonamides is 1. The van der Waals surface area contributed by atoms with Crippen LogP contribution in [0.5, 0.6) is 0 Å². The number of hydrogen-bond acceptors (Lipinski definition) is 4. The zero-order chi connectivity index (χ0) is 24.7. The first kappa shape index (κ1) is 26.3. The molecule has 0 radical (unpaired) electrons. The molecular formula is C24H23Cl3N2O4S. The third-order valence-corrected chi connectivity index (χ3v) is 7.00. The molecule has 0 aliphatic heterocycles. The van der Waals surface area contributed by atoms with Crippen molar-refractivity contribution in [2.24, 2.45) is 0 Å². The van der Waals surface area contributed by atoms with Gasteiger partial charge in [0, 0.05) is 12.1 Å². The van der Waals surface area contributed by atoms with Crippen LogP contribution in [0.25, 0.3) is 0 Å². The molecule has 0 heterocycles. The summed E-state index contributed by atoms with van der Waals surface area (Å²) in [7, 11) is -3.68. The first-order valence-electron chi connectivity index (χ1n) is 10.3. The Kier molecular flexibility index (Phi) is 9.22. The molecule has 3 rings (SSSR count). The highest BCUT2D eigenvalue weighted by atomic mass is 35.5. The standard InChI is InChI=1S/C24H23Cl3N2O4S/c1-34(31,32)29(23-14-21(26)20(25)13-22(23)27)15-17-7-9-19(10-8-17)24(30)28-11-12-33-16-18-5-3-2-4-6-18/h2-10,13-14H,11-12,15-16H2,1H3,(H,28,30). The van der Waals surface area contributed by atoms with Crippen molar-refractivity contribution < 1.29 is 17.9 Å². The van der Waals surface area contributed by atoms with Crippen molar-refractivity contribution in [3.8, 4) is 0 Å². The third-order valence-electron chi connectivity index (χ3n) is 4.84. The SMILES string of the molecule is CS(=O)(=O)N(Cc1ccc(C(=O)NCCOCc2ccccc2)cc1)c1cc(Cl)c(Cl)cc1Cl. The van der Waals surface area contributed by atoms with E-state index in [4.69, 9.17) is 39.5 Å². The summed E-state index contributed by atoms with van der Waals surface area (Å²) in [5, 5.41) is 3.37. The second kappa shape index (κ2) is 11.9. The zero-order valence-corrected chi connectivity index (χ0v) is 21.4. The molecule has 0 aliphatic rings. The van der Waals surface area contributed by atoms with Crippen LogP contribution in [0, 0.1) is 0 Å². The molecule has 0 saturated carbocycles. The molecule has 0 aromatic heterocycles. The lowest BCUT2D eigenvalue weighted by molar-refractivity contribution is 0.0901. The number of benzene rings is 3. The van der Waals surface area contributed by atoms with Crippen molar-refractivity contribution in [2.45, 2.75) is 13.2 Å². The minimum Gasteiger partial charge on any atom is -0.375 e. The lowest BCUT2D eigenvalue weighted by Crippen LogP contribution is -2.30. The highest BCUT2D eigenvalue weighted by Gasteiger charge is 2.22. The van der Waals surface area contributed by atoms with Crippen molar-refractivity contribution in [1.82, 2.24) is 5.32 Å². The van der Waals surface area contributed by atoms with Crippen molar-refractivity contribution in [2.75, 3.05) is 23.7 Å². The van der Waals surface area contributed by atoms with Crippen LogP contribution < -0.4 is 9.62 Å². The number of halogens is 3. The summed E-state index contributed by atoms with van der Waals surface area (Å²) in [4.78, 5) is 12.4. The van der Waals surface area contributed by atoms with Crippen LogP contribution in [-0.2, 0) is 27.9 Å².